The fraction of sp³-hybridized carbons (Fsp3) is 0.462. The minimum Gasteiger partial charge on any atom is -0.317 e. The van der Waals surface area contributed by atoms with Crippen molar-refractivity contribution >= 4 is 28.3 Å². The third kappa shape index (κ3) is 6.07. The second-order valence-corrected chi connectivity index (χ2v) is 9.74. The maximum absolute atomic E-state index is 12.6. The molecule has 1 N–H and O–H groups in total. The lowest BCUT2D eigenvalue weighted by Crippen LogP contribution is -2.46. The predicted octanol–water partition coefficient (Wildman–Crippen LogP) is 4.55. The molecule has 2 aliphatic rings. The van der Waals surface area contributed by atoms with E-state index < -0.39 is 0 Å². The second-order valence-electron chi connectivity index (χ2n) is 8.63. The van der Waals surface area contributed by atoms with E-state index in [1.807, 2.05) is 6.07 Å². The minimum atomic E-state index is 0.0196. The van der Waals surface area contributed by atoms with Gasteiger partial charge < -0.3 is 10.2 Å². The van der Waals surface area contributed by atoms with Gasteiger partial charge in [0.05, 0.1) is 5.56 Å². The predicted molar refractivity (Wildman–Crippen MR) is 132 cm³/mol. The molecule has 4 rings (SSSR count). The number of rotatable bonds is 7. The number of carbonyl (C=O) groups excluding carboxylic acids is 1. The molecule has 5 nitrogen and oxygen atoms in total. The van der Waals surface area contributed by atoms with E-state index in [1.54, 1.807) is 11.3 Å². The van der Waals surface area contributed by atoms with Crippen LogP contribution < -0.4 is 5.32 Å². The van der Waals surface area contributed by atoms with Crippen molar-refractivity contribution in [2.45, 2.75) is 38.5 Å². The van der Waals surface area contributed by atoms with Crippen LogP contribution >= 0.6 is 11.3 Å². The molecule has 1 fully saturated rings. The third-order valence-corrected chi connectivity index (χ3v) is 7.59. The van der Waals surface area contributed by atoms with Gasteiger partial charge in [0.25, 0.3) is 0 Å². The number of aryl methyl sites for hydroxylation is 1. The van der Waals surface area contributed by atoms with Crippen molar-refractivity contribution in [1.82, 2.24) is 9.80 Å². The number of amides is 1. The summed E-state index contributed by atoms with van der Waals surface area (Å²) < 4.78 is 0. The zero-order chi connectivity index (χ0) is 22.2. The molecule has 6 heteroatoms. The molecule has 0 spiro atoms. The van der Waals surface area contributed by atoms with Crippen LogP contribution in [-0.4, -0.2) is 55.0 Å². The number of piperazine rings is 1. The van der Waals surface area contributed by atoms with Gasteiger partial charge in [-0.3, -0.25) is 9.69 Å². The fourth-order valence-electron chi connectivity index (χ4n) is 4.50. The molecular weight excluding hydrogens is 416 g/mol. The fourth-order valence-corrected chi connectivity index (χ4v) is 5.75. The number of nitriles is 1. The third-order valence-electron chi connectivity index (χ3n) is 6.38. The van der Waals surface area contributed by atoms with Crippen molar-refractivity contribution in [1.29, 1.82) is 5.26 Å². The van der Waals surface area contributed by atoms with Gasteiger partial charge in [-0.05, 0) is 36.8 Å². The van der Waals surface area contributed by atoms with Gasteiger partial charge >= 0.3 is 0 Å². The van der Waals surface area contributed by atoms with Gasteiger partial charge in [-0.2, -0.15) is 5.26 Å². The summed E-state index contributed by atoms with van der Waals surface area (Å²) in [6.07, 6.45) is 10.4. The summed E-state index contributed by atoms with van der Waals surface area (Å²) in [6.45, 7) is 5.76. The van der Waals surface area contributed by atoms with E-state index in [2.05, 4.69) is 57.6 Å². The summed E-state index contributed by atoms with van der Waals surface area (Å²) in [4.78, 5) is 18.7. The SMILES string of the molecule is N#Cc1c(NC(=O)CCN2CCN(C/C=C/c3ccccc3)CC2)sc2c1CCCCC2. The Kier molecular flexibility index (Phi) is 8.11. The lowest BCUT2D eigenvalue weighted by Gasteiger charge is -2.33. The van der Waals surface area contributed by atoms with Crippen LogP contribution in [0.1, 0.15) is 47.3 Å². The highest BCUT2D eigenvalue weighted by Crippen LogP contribution is 2.37. The molecule has 0 saturated carbocycles. The Morgan fingerprint density at radius 2 is 1.81 bits per heavy atom. The van der Waals surface area contributed by atoms with Crippen LogP contribution in [-0.2, 0) is 17.6 Å². The summed E-state index contributed by atoms with van der Waals surface area (Å²) in [5.41, 5.74) is 3.12. The molecule has 1 saturated heterocycles. The molecule has 1 aliphatic heterocycles. The topological polar surface area (TPSA) is 59.4 Å². The van der Waals surface area contributed by atoms with Crippen LogP contribution in [0.25, 0.3) is 6.08 Å². The van der Waals surface area contributed by atoms with Crippen molar-refractivity contribution in [3.05, 3.63) is 58.0 Å². The molecular formula is C26H32N4OS. The Hall–Kier alpha value is -2.46. The van der Waals surface area contributed by atoms with Gasteiger partial charge in [0.15, 0.2) is 0 Å². The van der Waals surface area contributed by atoms with Crippen molar-refractivity contribution in [2.75, 3.05) is 44.6 Å². The largest absolute Gasteiger partial charge is 0.317 e. The first-order chi connectivity index (χ1) is 15.7. The average molecular weight is 449 g/mol. The maximum Gasteiger partial charge on any atom is 0.226 e. The van der Waals surface area contributed by atoms with E-state index in [9.17, 15) is 10.1 Å². The van der Waals surface area contributed by atoms with Crippen molar-refractivity contribution < 1.29 is 4.79 Å². The lowest BCUT2D eigenvalue weighted by molar-refractivity contribution is -0.116. The zero-order valence-electron chi connectivity index (χ0n) is 18.7. The van der Waals surface area contributed by atoms with Crippen LogP contribution in [0, 0.1) is 11.3 Å². The highest BCUT2D eigenvalue weighted by molar-refractivity contribution is 7.16. The van der Waals surface area contributed by atoms with Gasteiger partial charge in [-0.25, -0.2) is 0 Å². The van der Waals surface area contributed by atoms with E-state index in [1.165, 1.54) is 28.8 Å². The molecule has 1 amide bonds. The Morgan fingerprint density at radius 1 is 1.06 bits per heavy atom. The Labute approximate surface area is 195 Å². The number of nitrogens with zero attached hydrogens (tertiary/aromatic N) is 3. The van der Waals surface area contributed by atoms with E-state index in [0.717, 1.165) is 63.5 Å². The molecule has 0 bridgehead atoms. The molecule has 168 valence electrons. The van der Waals surface area contributed by atoms with Crippen LogP contribution in [0.4, 0.5) is 5.00 Å². The van der Waals surface area contributed by atoms with E-state index in [4.69, 9.17) is 0 Å². The molecule has 0 unspecified atom stereocenters. The highest BCUT2D eigenvalue weighted by atomic mass is 32.1. The van der Waals surface area contributed by atoms with Crippen molar-refractivity contribution in [2.24, 2.45) is 0 Å². The summed E-state index contributed by atoms with van der Waals surface area (Å²) in [5.74, 6) is 0.0196. The molecule has 32 heavy (non-hydrogen) atoms. The number of nitrogens with one attached hydrogen (secondary N) is 1. The molecule has 1 aromatic carbocycles. The van der Waals surface area contributed by atoms with Crippen molar-refractivity contribution in [3.8, 4) is 6.07 Å². The van der Waals surface area contributed by atoms with Gasteiger partial charge in [0.1, 0.15) is 11.1 Å². The summed E-state index contributed by atoms with van der Waals surface area (Å²) in [7, 11) is 0. The van der Waals surface area contributed by atoms with Crippen LogP contribution in [0.5, 0.6) is 0 Å². The summed E-state index contributed by atoms with van der Waals surface area (Å²) in [6, 6.07) is 12.7. The van der Waals surface area contributed by atoms with Crippen LogP contribution in [0.2, 0.25) is 0 Å². The number of anilines is 1. The number of benzene rings is 1. The molecule has 1 aromatic heterocycles. The quantitative estimate of drug-likeness (QED) is 0.632. The van der Waals surface area contributed by atoms with Gasteiger partial charge in [0, 0.05) is 50.6 Å². The Bertz CT molecular complexity index is 968. The monoisotopic (exact) mass is 448 g/mol. The smallest absolute Gasteiger partial charge is 0.226 e. The first-order valence-corrected chi connectivity index (χ1v) is 12.6. The van der Waals surface area contributed by atoms with Gasteiger partial charge in [0.2, 0.25) is 5.91 Å². The molecule has 0 radical (unpaired) electrons. The van der Waals surface area contributed by atoms with E-state index in [-0.39, 0.29) is 5.91 Å². The second kappa shape index (κ2) is 11.4. The molecule has 2 heterocycles. The Balaban J connectivity index is 1.20. The summed E-state index contributed by atoms with van der Waals surface area (Å²) in [5, 5.41) is 13.4. The first kappa shape index (κ1) is 22.7. The first-order valence-electron chi connectivity index (χ1n) is 11.7. The number of thiophene rings is 1. The van der Waals surface area contributed by atoms with Crippen LogP contribution in [0.3, 0.4) is 0 Å². The standard InChI is InChI=1S/C26H32N4OS/c27-20-23-22-11-5-2-6-12-24(22)32-26(23)28-25(31)13-15-30-18-16-29(17-19-30)14-7-10-21-8-3-1-4-9-21/h1,3-4,7-10H,2,5-6,11-19H2,(H,28,31)/b10-7+. The number of hydrogen-bond donors (Lipinski definition) is 1. The van der Waals surface area contributed by atoms with Gasteiger partial charge in [-0.15, -0.1) is 11.3 Å². The average Bonchev–Trinajstić information content (AvgIpc) is 2.98. The molecule has 0 atom stereocenters. The van der Waals surface area contributed by atoms with Gasteiger partial charge in [-0.1, -0.05) is 48.9 Å². The maximum atomic E-state index is 12.6. The lowest BCUT2D eigenvalue weighted by atomic mass is 10.1. The normalized spacial score (nSPS) is 17.6. The molecule has 1 aliphatic carbocycles. The van der Waals surface area contributed by atoms with E-state index in [0.29, 0.717) is 12.0 Å². The minimum absolute atomic E-state index is 0.0196. The molecule has 2 aromatic rings. The highest BCUT2D eigenvalue weighted by Gasteiger charge is 2.22. The summed E-state index contributed by atoms with van der Waals surface area (Å²) >= 11 is 1.61. The van der Waals surface area contributed by atoms with E-state index >= 15 is 0 Å². The van der Waals surface area contributed by atoms with Crippen molar-refractivity contribution in [3.63, 3.8) is 0 Å². The zero-order valence-corrected chi connectivity index (χ0v) is 19.5. The number of carbonyl (C=O) groups is 1. The van der Waals surface area contributed by atoms with Crippen LogP contribution in [0.15, 0.2) is 36.4 Å². The number of hydrogen-bond acceptors (Lipinski definition) is 5. The Morgan fingerprint density at radius 3 is 2.59 bits per heavy atom. The number of fused-ring (bicyclic) bond motifs is 1.